The Bertz CT molecular complexity index is 863. The summed E-state index contributed by atoms with van der Waals surface area (Å²) < 4.78 is 5.05. The summed E-state index contributed by atoms with van der Waals surface area (Å²) in [6.07, 6.45) is 2.56. The van der Waals surface area contributed by atoms with Crippen molar-refractivity contribution in [1.82, 2.24) is 0 Å². The van der Waals surface area contributed by atoms with Gasteiger partial charge in [-0.05, 0) is 17.7 Å². The number of carbonyl (C=O) groups is 1. The third kappa shape index (κ3) is 4.61. The molecule has 0 radical (unpaired) electrons. The van der Waals surface area contributed by atoms with Gasteiger partial charge in [-0.3, -0.25) is 25.0 Å². The van der Waals surface area contributed by atoms with Crippen LogP contribution in [0.3, 0.4) is 0 Å². The standard InChI is InChI=1S/C16H13N3O6/c1-25-15-7-6-13(19(23)24)10-14(15)17-16(20)8-5-11-3-2-4-12(9-11)18(21)22/h2-10H,1H3,(H,17,20)/b8-5+. The maximum Gasteiger partial charge on any atom is 0.271 e. The van der Waals surface area contributed by atoms with Crippen LogP contribution in [0.25, 0.3) is 6.08 Å². The fourth-order valence-corrected chi connectivity index (χ4v) is 2.00. The summed E-state index contributed by atoms with van der Waals surface area (Å²) in [6.45, 7) is 0. The van der Waals surface area contributed by atoms with Crippen molar-refractivity contribution >= 4 is 29.0 Å². The third-order valence-electron chi connectivity index (χ3n) is 3.16. The zero-order valence-electron chi connectivity index (χ0n) is 13.0. The highest BCUT2D eigenvalue weighted by Gasteiger charge is 2.12. The molecule has 25 heavy (non-hydrogen) atoms. The van der Waals surface area contributed by atoms with Gasteiger partial charge in [0.2, 0.25) is 5.91 Å². The molecular weight excluding hydrogens is 330 g/mol. The number of rotatable bonds is 6. The van der Waals surface area contributed by atoms with Crippen molar-refractivity contribution in [1.29, 1.82) is 0 Å². The zero-order chi connectivity index (χ0) is 18.4. The number of nitrogens with one attached hydrogen (secondary N) is 1. The Morgan fingerprint density at radius 2 is 1.76 bits per heavy atom. The van der Waals surface area contributed by atoms with Gasteiger partial charge < -0.3 is 10.1 Å². The van der Waals surface area contributed by atoms with Gasteiger partial charge in [-0.2, -0.15) is 0 Å². The van der Waals surface area contributed by atoms with Crippen LogP contribution in [0.4, 0.5) is 17.1 Å². The fraction of sp³-hybridized carbons (Fsp3) is 0.0625. The highest BCUT2D eigenvalue weighted by Crippen LogP contribution is 2.28. The van der Waals surface area contributed by atoms with Crippen molar-refractivity contribution in [3.05, 3.63) is 74.3 Å². The Balaban J connectivity index is 2.17. The number of hydrogen-bond acceptors (Lipinski definition) is 6. The van der Waals surface area contributed by atoms with Crippen molar-refractivity contribution in [3.8, 4) is 5.75 Å². The van der Waals surface area contributed by atoms with Crippen LogP contribution >= 0.6 is 0 Å². The number of amides is 1. The topological polar surface area (TPSA) is 125 Å². The smallest absolute Gasteiger partial charge is 0.271 e. The molecule has 2 aromatic rings. The zero-order valence-corrected chi connectivity index (χ0v) is 13.0. The molecule has 2 rings (SSSR count). The summed E-state index contributed by atoms with van der Waals surface area (Å²) in [6, 6.07) is 9.57. The molecule has 0 bridgehead atoms. The number of methoxy groups -OCH3 is 1. The Morgan fingerprint density at radius 1 is 1.08 bits per heavy atom. The maximum absolute atomic E-state index is 12.0. The minimum Gasteiger partial charge on any atom is -0.495 e. The molecule has 0 aliphatic rings. The number of nitro benzene ring substituents is 2. The van der Waals surface area contributed by atoms with E-state index < -0.39 is 15.8 Å². The van der Waals surface area contributed by atoms with Gasteiger partial charge in [0.05, 0.1) is 22.6 Å². The molecule has 0 fully saturated rings. The van der Waals surface area contributed by atoms with E-state index in [0.29, 0.717) is 5.56 Å². The van der Waals surface area contributed by atoms with Crippen LogP contribution in [-0.4, -0.2) is 22.9 Å². The normalized spacial score (nSPS) is 10.4. The van der Waals surface area contributed by atoms with Crippen LogP contribution in [-0.2, 0) is 4.79 Å². The van der Waals surface area contributed by atoms with E-state index in [1.807, 2.05) is 0 Å². The molecule has 0 saturated heterocycles. The van der Waals surface area contributed by atoms with Crippen molar-refractivity contribution in [2.75, 3.05) is 12.4 Å². The second-order valence-electron chi connectivity index (χ2n) is 4.82. The summed E-state index contributed by atoms with van der Waals surface area (Å²) in [5, 5.41) is 24.0. The second kappa shape index (κ2) is 7.68. The molecule has 0 aromatic heterocycles. The van der Waals surface area contributed by atoms with Crippen molar-refractivity contribution in [2.45, 2.75) is 0 Å². The molecule has 0 saturated carbocycles. The quantitative estimate of drug-likeness (QED) is 0.488. The van der Waals surface area contributed by atoms with Crippen LogP contribution in [0.5, 0.6) is 5.75 Å². The maximum atomic E-state index is 12.0. The first-order valence-electron chi connectivity index (χ1n) is 6.96. The average Bonchev–Trinajstić information content (AvgIpc) is 2.60. The highest BCUT2D eigenvalue weighted by atomic mass is 16.6. The highest BCUT2D eigenvalue weighted by molar-refractivity contribution is 6.03. The van der Waals surface area contributed by atoms with E-state index in [9.17, 15) is 25.0 Å². The minimum absolute atomic E-state index is 0.0945. The van der Waals surface area contributed by atoms with E-state index >= 15 is 0 Å². The number of non-ortho nitro benzene ring substituents is 2. The molecule has 0 unspecified atom stereocenters. The lowest BCUT2D eigenvalue weighted by molar-refractivity contribution is -0.385. The first kappa shape index (κ1) is 17.6. The van der Waals surface area contributed by atoms with Gasteiger partial charge >= 0.3 is 0 Å². The van der Waals surface area contributed by atoms with Crippen molar-refractivity contribution < 1.29 is 19.4 Å². The summed E-state index contributed by atoms with van der Waals surface area (Å²) >= 11 is 0. The lowest BCUT2D eigenvalue weighted by Crippen LogP contribution is -2.09. The van der Waals surface area contributed by atoms with Crippen LogP contribution in [0.15, 0.2) is 48.5 Å². The molecule has 9 nitrogen and oxygen atoms in total. The van der Waals surface area contributed by atoms with Crippen LogP contribution < -0.4 is 10.1 Å². The van der Waals surface area contributed by atoms with Gasteiger partial charge in [0.1, 0.15) is 5.75 Å². The Hall–Kier alpha value is -3.75. The second-order valence-corrected chi connectivity index (χ2v) is 4.82. The van der Waals surface area contributed by atoms with Gasteiger partial charge in [0.15, 0.2) is 0 Å². The molecule has 0 atom stereocenters. The summed E-state index contributed by atoms with van der Waals surface area (Å²) in [5.74, 6) is -0.298. The molecule has 0 spiro atoms. The van der Waals surface area contributed by atoms with Crippen LogP contribution in [0, 0.1) is 20.2 Å². The van der Waals surface area contributed by atoms with Gasteiger partial charge in [-0.1, -0.05) is 12.1 Å². The first-order valence-corrected chi connectivity index (χ1v) is 6.96. The lowest BCUT2D eigenvalue weighted by Gasteiger charge is -2.08. The lowest BCUT2D eigenvalue weighted by atomic mass is 10.2. The summed E-state index contributed by atoms with van der Waals surface area (Å²) in [4.78, 5) is 32.4. The van der Waals surface area contributed by atoms with Gasteiger partial charge in [-0.15, -0.1) is 0 Å². The van der Waals surface area contributed by atoms with E-state index in [4.69, 9.17) is 4.74 Å². The van der Waals surface area contributed by atoms with E-state index in [-0.39, 0.29) is 22.8 Å². The molecule has 9 heteroatoms. The number of ether oxygens (including phenoxy) is 1. The molecule has 0 heterocycles. The Morgan fingerprint density at radius 3 is 2.40 bits per heavy atom. The van der Waals surface area contributed by atoms with Gasteiger partial charge in [0, 0.05) is 30.3 Å². The summed E-state index contributed by atoms with van der Waals surface area (Å²) in [7, 11) is 1.37. The molecule has 1 N–H and O–H groups in total. The van der Waals surface area contributed by atoms with E-state index in [1.54, 1.807) is 6.07 Å². The Labute approximate surface area is 141 Å². The molecule has 0 aliphatic heterocycles. The summed E-state index contributed by atoms with van der Waals surface area (Å²) in [5.41, 5.74) is 0.322. The molecule has 1 amide bonds. The van der Waals surface area contributed by atoms with Gasteiger partial charge in [-0.25, -0.2) is 0 Å². The number of hydrogen-bond donors (Lipinski definition) is 1. The number of nitro groups is 2. The minimum atomic E-state index is -0.589. The Kier molecular flexibility index (Phi) is 5.41. The molecule has 2 aromatic carbocycles. The molecular formula is C16H13N3O6. The SMILES string of the molecule is COc1ccc([N+](=O)[O-])cc1NC(=O)/C=C/c1cccc([N+](=O)[O-])c1. The van der Waals surface area contributed by atoms with Crippen LogP contribution in [0.1, 0.15) is 5.56 Å². The van der Waals surface area contributed by atoms with Gasteiger partial charge in [0.25, 0.3) is 11.4 Å². The number of nitrogens with zero attached hydrogens (tertiary/aromatic N) is 2. The number of anilines is 1. The van der Waals surface area contributed by atoms with E-state index in [1.165, 1.54) is 49.6 Å². The largest absolute Gasteiger partial charge is 0.495 e. The first-order chi connectivity index (χ1) is 11.9. The van der Waals surface area contributed by atoms with Crippen molar-refractivity contribution in [3.63, 3.8) is 0 Å². The van der Waals surface area contributed by atoms with E-state index in [0.717, 1.165) is 6.08 Å². The number of carbonyl (C=O) groups excluding carboxylic acids is 1. The predicted octanol–water partition coefficient (Wildman–Crippen LogP) is 3.16. The van der Waals surface area contributed by atoms with E-state index in [2.05, 4.69) is 5.32 Å². The van der Waals surface area contributed by atoms with Crippen LogP contribution in [0.2, 0.25) is 0 Å². The molecule has 128 valence electrons. The monoisotopic (exact) mass is 343 g/mol. The van der Waals surface area contributed by atoms with Crippen molar-refractivity contribution in [2.24, 2.45) is 0 Å². The average molecular weight is 343 g/mol. The number of benzene rings is 2. The predicted molar refractivity (Wildman–Crippen MR) is 90.4 cm³/mol. The third-order valence-corrected chi connectivity index (χ3v) is 3.16. The fourth-order valence-electron chi connectivity index (χ4n) is 2.00. The molecule has 0 aliphatic carbocycles.